The van der Waals surface area contributed by atoms with Crippen molar-refractivity contribution in [3.63, 3.8) is 0 Å². The molecule has 0 radical (unpaired) electrons. The average Bonchev–Trinajstić information content (AvgIpc) is 3.25. The quantitative estimate of drug-likeness (QED) is 0.237. The topological polar surface area (TPSA) is 88.1 Å². The maximum atomic E-state index is 13.8. The molecule has 2 atom stereocenters. The highest BCUT2D eigenvalue weighted by atomic mass is 35.5. The van der Waals surface area contributed by atoms with Crippen molar-refractivity contribution in [2.45, 2.75) is 57.9 Å². The number of hydrogen-bond acceptors (Lipinski definition) is 4. The molecule has 2 amide bonds. The summed E-state index contributed by atoms with van der Waals surface area (Å²) in [6.07, 6.45) is -0.956. The number of amides is 2. The van der Waals surface area contributed by atoms with Gasteiger partial charge in [0.25, 0.3) is 0 Å². The highest BCUT2D eigenvalue weighted by Crippen LogP contribution is 2.45. The first kappa shape index (κ1) is 29.6. The van der Waals surface area contributed by atoms with Crippen LogP contribution >= 0.6 is 11.6 Å². The summed E-state index contributed by atoms with van der Waals surface area (Å²) in [5.74, 6) is -0.558. The minimum absolute atomic E-state index is 0.143. The van der Waals surface area contributed by atoms with Crippen molar-refractivity contribution in [3.8, 4) is 11.1 Å². The van der Waals surface area contributed by atoms with Crippen LogP contribution in [0.4, 0.5) is 4.79 Å². The largest absolute Gasteiger partial charge is 0.465 e. The Labute approximate surface area is 241 Å². The van der Waals surface area contributed by atoms with Gasteiger partial charge in [0, 0.05) is 49.6 Å². The molecule has 0 spiro atoms. The Kier molecular flexibility index (Phi) is 10.2. The van der Waals surface area contributed by atoms with Gasteiger partial charge in [0.1, 0.15) is 6.04 Å². The van der Waals surface area contributed by atoms with Crippen LogP contribution in [0.5, 0.6) is 0 Å². The van der Waals surface area contributed by atoms with Gasteiger partial charge in [0.05, 0.1) is 0 Å². The molecule has 212 valence electrons. The summed E-state index contributed by atoms with van der Waals surface area (Å²) in [5.41, 5.74) is 5.13. The van der Waals surface area contributed by atoms with Crippen molar-refractivity contribution in [1.82, 2.24) is 10.2 Å². The van der Waals surface area contributed by atoms with Crippen molar-refractivity contribution >= 4 is 23.6 Å². The maximum Gasteiger partial charge on any atom is 0.408 e. The molecular formula is C32H37ClN2O5. The summed E-state index contributed by atoms with van der Waals surface area (Å²) < 4.78 is 11.3. The van der Waals surface area contributed by atoms with E-state index >= 15 is 0 Å². The Morgan fingerprint density at radius 1 is 0.925 bits per heavy atom. The van der Waals surface area contributed by atoms with Gasteiger partial charge in [-0.3, -0.25) is 9.69 Å². The SMILES string of the molecule is CCOC(CC(C)NC(=O)C(Cc1ccc(Cl)cc1)N(CC1c2ccccc2-c2ccccc21)C(=O)O)OCC. The first-order valence-corrected chi connectivity index (χ1v) is 14.2. The Morgan fingerprint density at radius 2 is 1.48 bits per heavy atom. The molecule has 7 nitrogen and oxygen atoms in total. The summed E-state index contributed by atoms with van der Waals surface area (Å²) in [7, 11) is 0. The number of carbonyl (C=O) groups is 2. The van der Waals surface area contributed by atoms with Gasteiger partial charge in [-0.1, -0.05) is 72.3 Å². The third kappa shape index (κ3) is 7.02. The molecular weight excluding hydrogens is 528 g/mol. The van der Waals surface area contributed by atoms with Crippen molar-refractivity contribution in [1.29, 1.82) is 0 Å². The summed E-state index contributed by atoms with van der Waals surface area (Å²) in [6.45, 7) is 6.77. The number of nitrogens with zero attached hydrogens (tertiary/aromatic N) is 1. The zero-order valence-corrected chi connectivity index (χ0v) is 23.9. The molecule has 3 aromatic rings. The molecule has 1 aliphatic carbocycles. The molecule has 0 aliphatic heterocycles. The van der Waals surface area contributed by atoms with Crippen molar-refractivity contribution < 1.29 is 24.2 Å². The first-order valence-electron chi connectivity index (χ1n) is 13.8. The molecule has 0 fully saturated rings. The lowest BCUT2D eigenvalue weighted by atomic mass is 9.94. The van der Waals surface area contributed by atoms with Crippen LogP contribution in [0, 0.1) is 0 Å². The fourth-order valence-corrected chi connectivity index (χ4v) is 5.55. The smallest absolute Gasteiger partial charge is 0.408 e. The van der Waals surface area contributed by atoms with E-state index in [2.05, 4.69) is 17.4 Å². The van der Waals surface area contributed by atoms with Crippen LogP contribution in [0.3, 0.4) is 0 Å². The van der Waals surface area contributed by atoms with Gasteiger partial charge in [0.2, 0.25) is 5.91 Å². The maximum absolute atomic E-state index is 13.8. The van der Waals surface area contributed by atoms with Crippen LogP contribution in [-0.4, -0.2) is 60.1 Å². The molecule has 1 aliphatic rings. The van der Waals surface area contributed by atoms with E-state index in [4.69, 9.17) is 21.1 Å². The molecule has 0 bridgehead atoms. The Balaban J connectivity index is 1.63. The van der Waals surface area contributed by atoms with Crippen LogP contribution in [0.25, 0.3) is 11.1 Å². The zero-order valence-electron chi connectivity index (χ0n) is 23.2. The molecule has 0 aromatic heterocycles. The van der Waals surface area contributed by atoms with Crippen molar-refractivity contribution in [3.05, 3.63) is 94.5 Å². The molecule has 40 heavy (non-hydrogen) atoms. The Hall–Kier alpha value is -3.39. The molecule has 0 saturated carbocycles. The molecule has 0 saturated heterocycles. The number of carbonyl (C=O) groups excluding carboxylic acids is 1. The first-order chi connectivity index (χ1) is 19.3. The van der Waals surface area contributed by atoms with E-state index in [-0.39, 0.29) is 30.8 Å². The van der Waals surface area contributed by atoms with Gasteiger partial charge in [-0.05, 0) is 60.7 Å². The summed E-state index contributed by atoms with van der Waals surface area (Å²) >= 11 is 6.09. The number of rotatable bonds is 13. The summed E-state index contributed by atoms with van der Waals surface area (Å²) in [5, 5.41) is 14.1. The number of ether oxygens (including phenoxy) is 2. The third-order valence-corrected chi connectivity index (χ3v) is 7.50. The number of fused-ring (bicyclic) bond motifs is 3. The molecule has 8 heteroatoms. The van der Waals surface area contributed by atoms with E-state index in [0.717, 1.165) is 27.8 Å². The summed E-state index contributed by atoms with van der Waals surface area (Å²) in [6, 6.07) is 22.0. The van der Waals surface area contributed by atoms with E-state index in [1.807, 2.05) is 69.3 Å². The average molecular weight is 565 g/mol. The van der Waals surface area contributed by atoms with Gasteiger partial charge in [-0.15, -0.1) is 0 Å². The molecule has 2 N–H and O–H groups in total. The number of halogens is 1. The van der Waals surface area contributed by atoms with E-state index in [1.54, 1.807) is 12.1 Å². The van der Waals surface area contributed by atoms with E-state index in [1.165, 1.54) is 4.90 Å². The number of nitrogens with one attached hydrogen (secondary N) is 1. The lowest BCUT2D eigenvalue weighted by Crippen LogP contribution is -2.53. The zero-order chi connectivity index (χ0) is 28.6. The Bertz CT molecular complexity index is 1250. The molecule has 2 unspecified atom stereocenters. The molecule has 4 rings (SSSR count). The van der Waals surface area contributed by atoms with E-state index in [9.17, 15) is 14.7 Å². The van der Waals surface area contributed by atoms with Crippen LogP contribution in [0.2, 0.25) is 5.02 Å². The van der Waals surface area contributed by atoms with E-state index in [0.29, 0.717) is 24.7 Å². The normalized spacial score (nSPS) is 13.9. The third-order valence-electron chi connectivity index (χ3n) is 7.25. The van der Waals surface area contributed by atoms with Gasteiger partial charge in [-0.25, -0.2) is 4.79 Å². The van der Waals surface area contributed by atoms with E-state index < -0.39 is 18.4 Å². The second-order valence-corrected chi connectivity index (χ2v) is 10.4. The van der Waals surface area contributed by atoms with Crippen LogP contribution in [0.15, 0.2) is 72.8 Å². The lowest BCUT2D eigenvalue weighted by Gasteiger charge is -2.32. The van der Waals surface area contributed by atoms with Crippen LogP contribution in [0.1, 0.15) is 49.8 Å². The second kappa shape index (κ2) is 13.8. The fraction of sp³-hybridized carbons (Fsp3) is 0.375. The monoisotopic (exact) mass is 564 g/mol. The highest BCUT2D eigenvalue weighted by Gasteiger charge is 2.36. The predicted octanol–water partition coefficient (Wildman–Crippen LogP) is 6.34. The minimum Gasteiger partial charge on any atom is -0.465 e. The van der Waals surface area contributed by atoms with Gasteiger partial charge in [0.15, 0.2) is 6.29 Å². The van der Waals surface area contributed by atoms with Crippen LogP contribution in [-0.2, 0) is 20.7 Å². The molecule has 0 heterocycles. The predicted molar refractivity (Wildman–Crippen MR) is 157 cm³/mol. The fourth-order valence-electron chi connectivity index (χ4n) is 5.42. The highest BCUT2D eigenvalue weighted by molar-refractivity contribution is 6.30. The van der Waals surface area contributed by atoms with Crippen LogP contribution < -0.4 is 5.32 Å². The number of hydrogen-bond donors (Lipinski definition) is 2. The molecule has 3 aromatic carbocycles. The summed E-state index contributed by atoms with van der Waals surface area (Å²) in [4.78, 5) is 27.9. The number of carboxylic acid groups (broad SMARTS) is 1. The van der Waals surface area contributed by atoms with Gasteiger partial charge < -0.3 is 19.9 Å². The lowest BCUT2D eigenvalue weighted by molar-refractivity contribution is -0.144. The van der Waals surface area contributed by atoms with Gasteiger partial charge >= 0.3 is 6.09 Å². The minimum atomic E-state index is -1.15. The number of benzene rings is 3. The van der Waals surface area contributed by atoms with Crippen molar-refractivity contribution in [2.24, 2.45) is 0 Å². The van der Waals surface area contributed by atoms with Gasteiger partial charge in [-0.2, -0.15) is 0 Å². The second-order valence-electron chi connectivity index (χ2n) is 9.99. The van der Waals surface area contributed by atoms with Crippen molar-refractivity contribution in [2.75, 3.05) is 19.8 Å². The standard InChI is InChI=1S/C32H37ClN2O5/c1-4-39-30(40-5-2)18-21(3)34-31(36)29(19-22-14-16-23(33)17-15-22)35(32(37)38)20-28-26-12-8-6-10-24(26)25-11-7-9-13-27(25)28/h6-17,21,28-30H,4-5,18-20H2,1-3H3,(H,34,36)(H,37,38). The Morgan fingerprint density at radius 3 is 2.00 bits per heavy atom.